The van der Waals surface area contributed by atoms with E-state index in [1.54, 1.807) is 11.8 Å². The van der Waals surface area contributed by atoms with Crippen molar-refractivity contribution in [2.45, 2.75) is 32.2 Å². The van der Waals surface area contributed by atoms with Crippen LogP contribution in [0, 0.1) is 0 Å². The van der Waals surface area contributed by atoms with E-state index in [0.29, 0.717) is 6.42 Å². The molecule has 0 heterocycles. The van der Waals surface area contributed by atoms with Crippen LogP contribution >= 0.6 is 11.8 Å². The van der Waals surface area contributed by atoms with Crippen molar-refractivity contribution in [1.82, 2.24) is 0 Å². The van der Waals surface area contributed by atoms with Crippen LogP contribution < -0.4 is 5.73 Å². The van der Waals surface area contributed by atoms with Gasteiger partial charge in [0.1, 0.15) is 0 Å². The maximum absolute atomic E-state index is 10.1. The van der Waals surface area contributed by atoms with E-state index in [2.05, 4.69) is 0 Å². The lowest BCUT2D eigenvalue weighted by atomic mass is 10.3. The second kappa shape index (κ2) is 7.43. The highest BCUT2D eigenvalue weighted by molar-refractivity contribution is 7.99. The van der Waals surface area contributed by atoms with Gasteiger partial charge in [-0.2, -0.15) is 11.8 Å². The van der Waals surface area contributed by atoms with Gasteiger partial charge in [-0.3, -0.25) is 4.79 Å². The zero-order chi connectivity index (χ0) is 9.40. The van der Waals surface area contributed by atoms with Crippen molar-refractivity contribution in [2.24, 2.45) is 5.73 Å². The molecule has 12 heavy (non-hydrogen) atoms. The predicted octanol–water partition coefficient (Wildman–Crippen LogP) is 1.32. The van der Waals surface area contributed by atoms with Crippen molar-refractivity contribution < 1.29 is 9.90 Å². The maximum atomic E-state index is 10.1. The molecule has 0 saturated carbocycles. The summed E-state index contributed by atoms with van der Waals surface area (Å²) in [6.45, 7) is 1.98. The highest BCUT2D eigenvalue weighted by atomic mass is 32.2. The molecule has 0 aromatic rings. The Bertz CT molecular complexity index is 128. The van der Waals surface area contributed by atoms with Gasteiger partial charge in [0.05, 0.1) is 0 Å². The van der Waals surface area contributed by atoms with Crippen LogP contribution in [0.25, 0.3) is 0 Å². The summed E-state index contributed by atoms with van der Waals surface area (Å²) < 4.78 is 0. The first-order valence-corrected chi connectivity index (χ1v) is 5.33. The summed E-state index contributed by atoms with van der Waals surface area (Å²) in [6.07, 6.45) is 2.05. The van der Waals surface area contributed by atoms with Crippen LogP contribution in [-0.2, 0) is 4.79 Å². The lowest BCUT2D eigenvalue weighted by molar-refractivity contribution is -0.137. The molecule has 0 aliphatic carbocycles. The van der Waals surface area contributed by atoms with E-state index in [0.717, 1.165) is 24.3 Å². The summed E-state index contributed by atoms with van der Waals surface area (Å²) in [4.78, 5) is 10.1. The maximum Gasteiger partial charge on any atom is 0.303 e. The Morgan fingerprint density at radius 2 is 2.25 bits per heavy atom. The molecule has 0 aliphatic rings. The molecule has 3 N–H and O–H groups in total. The smallest absolute Gasteiger partial charge is 0.303 e. The summed E-state index contributed by atoms with van der Waals surface area (Å²) in [5, 5.41) is 8.33. The summed E-state index contributed by atoms with van der Waals surface area (Å²) >= 11 is 1.80. The van der Waals surface area contributed by atoms with Gasteiger partial charge in [0.15, 0.2) is 0 Å². The van der Waals surface area contributed by atoms with Crippen molar-refractivity contribution >= 4 is 17.7 Å². The number of carboxylic acids is 1. The molecule has 1 atom stereocenters. The molecule has 0 aromatic heterocycles. The summed E-state index contributed by atoms with van der Waals surface area (Å²) in [7, 11) is 0. The fourth-order valence-corrected chi connectivity index (χ4v) is 1.70. The summed E-state index contributed by atoms with van der Waals surface area (Å²) in [5.41, 5.74) is 5.54. The molecule has 0 aromatic carbocycles. The van der Waals surface area contributed by atoms with Crippen LogP contribution in [-0.4, -0.2) is 28.6 Å². The number of carboxylic acid groups (broad SMARTS) is 1. The van der Waals surface area contributed by atoms with Gasteiger partial charge in [-0.15, -0.1) is 0 Å². The zero-order valence-electron chi connectivity index (χ0n) is 7.45. The van der Waals surface area contributed by atoms with Gasteiger partial charge in [0.25, 0.3) is 0 Å². The number of hydrogen-bond donors (Lipinski definition) is 2. The van der Waals surface area contributed by atoms with E-state index in [4.69, 9.17) is 10.8 Å². The quantitative estimate of drug-likeness (QED) is 0.596. The van der Waals surface area contributed by atoms with Gasteiger partial charge >= 0.3 is 5.97 Å². The zero-order valence-corrected chi connectivity index (χ0v) is 8.27. The normalized spacial score (nSPS) is 12.8. The number of nitrogens with two attached hydrogens (primary N) is 1. The molecule has 4 heteroatoms. The molecule has 1 unspecified atom stereocenters. The van der Waals surface area contributed by atoms with Gasteiger partial charge in [-0.1, -0.05) is 0 Å². The fourth-order valence-electron chi connectivity index (χ4n) is 0.750. The number of rotatable bonds is 7. The molecule has 3 nitrogen and oxygen atoms in total. The van der Waals surface area contributed by atoms with Crippen molar-refractivity contribution in [3.8, 4) is 0 Å². The minimum Gasteiger partial charge on any atom is -0.481 e. The van der Waals surface area contributed by atoms with Crippen LogP contribution in [0.1, 0.15) is 26.2 Å². The third-order valence-electron chi connectivity index (χ3n) is 1.31. The van der Waals surface area contributed by atoms with Gasteiger partial charge in [0, 0.05) is 18.2 Å². The van der Waals surface area contributed by atoms with Crippen LogP contribution in [0.3, 0.4) is 0 Å². The van der Waals surface area contributed by atoms with Crippen LogP contribution in [0.4, 0.5) is 0 Å². The molecule has 72 valence electrons. The standard InChI is InChI=1S/C8H17NO2S/c1-7(9)6-12-5-3-2-4-8(10)11/h7H,2-6,9H2,1H3,(H,10,11). The third-order valence-corrected chi connectivity index (χ3v) is 2.65. The molecule has 0 rings (SSSR count). The third kappa shape index (κ3) is 9.78. The van der Waals surface area contributed by atoms with E-state index in [9.17, 15) is 4.79 Å². The Hall–Kier alpha value is -0.220. The van der Waals surface area contributed by atoms with Gasteiger partial charge < -0.3 is 10.8 Å². The second-order valence-electron chi connectivity index (χ2n) is 2.90. The first-order chi connectivity index (χ1) is 5.63. The Morgan fingerprint density at radius 3 is 2.75 bits per heavy atom. The number of hydrogen-bond acceptors (Lipinski definition) is 3. The SMILES string of the molecule is CC(N)CSCCCCC(=O)O. The minimum absolute atomic E-state index is 0.245. The second-order valence-corrected chi connectivity index (χ2v) is 4.05. The fraction of sp³-hybridized carbons (Fsp3) is 0.875. The van der Waals surface area contributed by atoms with E-state index in [1.807, 2.05) is 6.92 Å². The highest BCUT2D eigenvalue weighted by Crippen LogP contribution is 2.06. The summed E-state index contributed by atoms with van der Waals surface area (Å²) in [6, 6.07) is 0.245. The van der Waals surface area contributed by atoms with Gasteiger partial charge in [0.2, 0.25) is 0 Å². The van der Waals surface area contributed by atoms with E-state index in [1.165, 1.54) is 0 Å². The predicted molar refractivity (Wildman–Crippen MR) is 52.5 cm³/mol. The molecule has 0 amide bonds. The van der Waals surface area contributed by atoms with Crippen molar-refractivity contribution in [1.29, 1.82) is 0 Å². The number of thioether (sulfide) groups is 1. The van der Waals surface area contributed by atoms with E-state index < -0.39 is 5.97 Å². The Kier molecular flexibility index (Phi) is 7.29. The highest BCUT2D eigenvalue weighted by Gasteiger charge is 1.97. The largest absolute Gasteiger partial charge is 0.481 e. The summed E-state index contributed by atoms with van der Waals surface area (Å²) in [5.74, 6) is 1.29. The molecule has 0 spiro atoms. The molecule has 0 aliphatic heterocycles. The molecule has 0 bridgehead atoms. The van der Waals surface area contributed by atoms with Crippen LogP contribution in [0.15, 0.2) is 0 Å². The topological polar surface area (TPSA) is 63.3 Å². The Labute approximate surface area is 77.7 Å². The van der Waals surface area contributed by atoms with Crippen LogP contribution in [0.5, 0.6) is 0 Å². The number of carbonyl (C=O) groups is 1. The first-order valence-electron chi connectivity index (χ1n) is 4.18. The average Bonchev–Trinajstić information content (AvgIpc) is 1.95. The first kappa shape index (κ1) is 11.8. The Balaban J connectivity index is 2.96. The van der Waals surface area contributed by atoms with Gasteiger partial charge in [-0.05, 0) is 25.5 Å². The van der Waals surface area contributed by atoms with E-state index >= 15 is 0 Å². The van der Waals surface area contributed by atoms with E-state index in [-0.39, 0.29) is 6.04 Å². The average molecular weight is 191 g/mol. The van der Waals surface area contributed by atoms with Crippen molar-refractivity contribution in [2.75, 3.05) is 11.5 Å². The molecule has 0 fully saturated rings. The van der Waals surface area contributed by atoms with Gasteiger partial charge in [-0.25, -0.2) is 0 Å². The lowest BCUT2D eigenvalue weighted by Crippen LogP contribution is -2.17. The van der Waals surface area contributed by atoms with Crippen molar-refractivity contribution in [3.05, 3.63) is 0 Å². The molecule has 0 saturated heterocycles. The number of aliphatic carboxylic acids is 1. The van der Waals surface area contributed by atoms with Crippen LogP contribution in [0.2, 0.25) is 0 Å². The lowest BCUT2D eigenvalue weighted by Gasteiger charge is -2.03. The molecular weight excluding hydrogens is 174 g/mol. The minimum atomic E-state index is -0.702. The Morgan fingerprint density at radius 1 is 1.58 bits per heavy atom. The molecule has 0 radical (unpaired) electrons. The number of unbranched alkanes of at least 4 members (excludes halogenated alkanes) is 1. The monoisotopic (exact) mass is 191 g/mol. The van der Waals surface area contributed by atoms with Crippen molar-refractivity contribution in [3.63, 3.8) is 0 Å². The molecular formula is C8H17NO2S.